The average Bonchev–Trinajstić information content (AvgIpc) is 2.76. The van der Waals surface area contributed by atoms with Crippen LogP contribution >= 0.6 is 0 Å². The molecule has 0 aliphatic carbocycles. The number of nitrogens with one attached hydrogen (secondary N) is 1. The number of rotatable bonds is 5. The van der Waals surface area contributed by atoms with Crippen LogP contribution in [0.5, 0.6) is 0 Å². The lowest BCUT2D eigenvalue weighted by Crippen LogP contribution is -2.16. The Bertz CT molecular complexity index is 487. The third-order valence-electron chi connectivity index (χ3n) is 2.45. The molecule has 88 valence electrons. The normalized spacial score (nSPS) is 10.4. The Labute approximate surface area is 101 Å². The first-order valence-corrected chi connectivity index (χ1v) is 5.54. The first kappa shape index (κ1) is 11.5. The molecule has 2 aromatic rings. The van der Waals surface area contributed by atoms with E-state index < -0.39 is 0 Å². The van der Waals surface area contributed by atoms with E-state index in [9.17, 15) is 0 Å². The maximum absolute atomic E-state index is 4.19. The van der Waals surface area contributed by atoms with E-state index >= 15 is 0 Å². The van der Waals surface area contributed by atoms with E-state index in [-0.39, 0.29) is 0 Å². The van der Waals surface area contributed by atoms with Crippen molar-refractivity contribution < 1.29 is 0 Å². The molecule has 0 bridgehead atoms. The lowest BCUT2D eigenvalue weighted by molar-refractivity contribution is 0.691. The molecule has 0 fully saturated rings. The molecular weight excluding hydrogens is 212 g/mol. The highest BCUT2D eigenvalue weighted by molar-refractivity contribution is 5.64. The van der Waals surface area contributed by atoms with E-state index in [4.69, 9.17) is 0 Å². The smallest absolute Gasteiger partial charge is 0.164 e. The summed E-state index contributed by atoms with van der Waals surface area (Å²) in [5.74, 6) is 0.799. The Morgan fingerprint density at radius 2 is 2.12 bits per heavy atom. The van der Waals surface area contributed by atoms with Gasteiger partial charge in [-0.1, -0.05) is 36.9 Å². The van der Waals surface area contributed by atoms with Gasteiger partial charge in [0.1, 0.15) is 6.33 Å². The van der Waals surface area contributed by atoms with Crippen LogP contribution < -0.4 is 5.32 Å². The van der Waals surface area contributed by atoms with Crippen molar-refractivity contribution in [3.8, 4) is 0 Å². The molecular formula is C13H16N4. The van der Waals surface area contributed by atoms with Crippen molar-refractivity contribution in [1.29, 1.82) is 0 Å². The van der Waals surface area contributed by atoms with Crippen molar-refractivity contribution in [1.82, 2.24) is 20.1 Å². The molecule has 0 radical (unpaired) electrons. The number of benzene rings is 1. The molecule has 0 unspecified atom stereocenters. The van der Waals surface area contributed by atoms with E-state index in [2.05, 4.69) is 34.1 Å². The van der Waals surface area contributed by atoms with Gasteiger partial charge in [0, 0.05) is 13.6 Å². The SMILES string of the molecule is C=C(CNCc1ncn(C)n1)c1ccccc1. The molecule has 17 heavy (non-hydrogen) atoms. The summed E-state index contributed by atoms with van der Waals surface area (Å²) in [6, 6.07) is 10.1. The van der Waals surface area contributed by atoms with Crippen molar-refractivity contribution in [3.05, 3.63) is 54.6 Å². The summed E-state index contributed by atoms with van der Waals surface area (Å²) in [5, 5.41) is 7.47. The Morgan fingerprint density at radius 3 is 2.76 bits per heavy atom. The fraction of sp³-hybridized carbons (Fsp3) is 0.231. The second kappa shape index (κ2) is 5.41. The summed E-state index contributed by atoms with van der Waals surface area (Å²) < 4.78 is 1.70. The van der Waals surface area contributed by atoms with Crippen LogP contribution in [0, 0.1) is 0 Å². The van der Waals surface area contributed by atoms with Crippen LogP contribution in [-0.4, -0.2) is 21.3 Å². The molecule has 0 aliphatic rings. The first-order chi connectivity index (χ1) is 8.25. The van der Waals surface area contributed by atoms with Gasteiger partial charge in [-0.2, -0.15) is 5.10 Å². The molecule has 1 aromatic carbocycles. The quantitative estimate of drug-likeness (QED) is 0.845. The number of aromatic nitrogens is 3. The molecule has 0 aliphatic heterocycles. The molecule has 0 saturated carbocycles. The lowest BCUT2D eigenvalue weighted by atomic mass is 10.1. The van der Waals surface area contributed by atoms with Gasteiger partial charge in [0.2, 0.25) is 0 Å². The van der Waals surface area contributed by atoms with Crippen LogP contribution in [0.25, 0.3) is 5.57 Å². The van der Waals surface area contributed by atoms with Crippen LogP contribution in [0.3, 0.4) is 0 Å². The predicted molar refractivity (Wildman–Crippen MR) is 68.2 cm³/mol. The summed E-state index contributed by atoms with van der Waals surface area (Å²) in [5.41, 5.74) is 2.23. The zero-order chi connectivity index (χ0) is 12.1. The van der Waals surface area contributed by atoms with Gasteiger partial charge in [0.15, 0.2) is 5.82 Å². The summed E-state index contributed by atoms with van der Waals surface area (Å²) in [4.78, 5) is 4.15. The van der Waals surface area contributed by atoms with E-state index in [0.717, 1.165) is 23.5 Å². The fourth-order valence-corrected chi connectivity index (χ4v) is 1.57. The number of hydrogen-bond acceptors (Lipinski definition) is 3. The second-order valence-corrected chi connectivity index (χ2v) is 3.91. The minimum absolute atomic E-state index is 0.659. The molecule has 1 aromatic heterocycles. The highest BCUT2D eigenvalue weighted by atomic mass is 15.3. The predicted octanol–water partition coefficient (Wildman–Crippen LogP) is 1.62. The second-order valence-electron chi connectivity index (χ2n) is 3.91. The molecule has 4 heteroatoms. The number of nitrogens with zero attached hydrogens (tertiary/aromatic N) is 3. The number of aryl methyl sites for hydroxylation is 1. The van der Waals surface area contributed by atoms with Gasteiger partial charge in [-0.25, -0.2) is 4.98 Å². The molecule has 0 spiro atoms. The van der Waals surface area contributed by atoms with Gasteiger partial charge in [0.25, 0.3) is 0 Å². The largest absolute Gasteiger partial charge is 0.306 e. The maximum atomic E-state index is 4.19. The van der Waals surface area contributed by atoms with Crippen molar-refractivity contribution in [2.45, 2.75) is 6.54 Å². The van der Waals surface area contributed by atoms with E-state index in [0.29, 0.717) is 6.54 Å². The van der Waals surface area contributed by atoms with Gasteiger partial charge in [0.05, 0.1) is 6.54 Å². The Morgan fingerprint density at radius 1 is 1.35 bits per heavy atom. The van der Waals surface area contributed by atoms with Crippen molar-refractivity contribution in [2.75, 3.05) is 6.54 Å². The van der Waals surface area contributed by atoms with Crippen molar-refractivity contribution >= 4 is 5.57 Å². The van der Waals surface area contributed by atoms with Crippen LogP contribution in [0.2, 0.25) is 0 Å². The zero-order valence-corrected chi connectivity index (χ0v) is 9.93. The van der Waals surface area contributed by atoms with Crippen LogP contribution in [-0.2, 0) is 13.6 Å². The molecule has 0 atom stereocenters. The highest BCUT2D eigenvalue weighted by Crippen LogP contribution is 2.09. The highest BCUT2D eigenvalue weighted by Gasteiger charge is 2.00. The van der Waals surface area contributed by atoms with Crippen LogP contribution in [0.1, 0.15) is 11.4 Å². The third-order valence-corrected chi connectivity index (χ3v) is 2.45. The van der Waals surface area contributed by atoms with Crippen molar-refractivity contribution in [3.63, 3.8) is 0 Å². The zero-order valence-electron chi connectivity index (χ0n) is 9.93. The molecule has 0 saturated heterocycles. The summed E-state index contributed by atoms with van der Waals surface area (Å²) in [6.07, 6.45) is 1.70. The Kier molecular flexibility index (Phi) is 3.67. The minimum Gasteiger partial charge on any atom is -0.306 e. The molecule has 4 nitrogen and oxygen atoms in total. The monoisotopic (exact) mass is 228 g/mol. The van der Waals surface area contributed by atoms with E-state index in [1.165, 1.54) is 0 Å². The molecule has 1 N–H and O–H groups in total. The van der Waals surface area contributed by atoms with Crippen LogP contribution in [0.15, 0.2) is 43.2 Å². The fourth-order valence-electron chi connectivity index (χ4n) is 1.57. The lowest BCUT2D eigenvalue weighted by Gasteiger charge is -2.06. The average molecular weight is 228 g/mol. The summed E-state index contributed by atoms with van der Waals surface area (Å²) >= 11 is 0. The summed E-state index contributed by atoms with van der Waals surface area (Å²) in [6.45, 7) is 5.45. The van der Waals surface area contributed by atoms with Gasteiger partial charge in [-0.15, -0.1) is 0 Å². The van der Waals surface area contributed by atoms with Gasteiger partial charge >= 0.3 is 0 Å². The van der Waals surface area contributed by atoms with Gasteiger partial charge in [-0.3, -0.25) is 4.68 Å². The van der Waals surface area contributed by atoms with E-state index in [1.807, 2.05) is 25.2 Å². The minimum atomic E-state index is 0.659. The molecule has 0 amide bonds. The topological polar surface area (TPSA) is 42.7 Å². The van der Waals surface area contributed by atoms with Crippen molar-refractivity contribution in [2.24, 2.45) is 7.05 Å². The van der Waals surface area contributed by atoms with Gasteiger partial charge in [-0.05, 0) is 11.1 Å². The standard InChI is InChI=1S/C13H16N4/c1-11(12-6-4-3-5-7-12)8-14-9-13-15-10-17(2)16-13/h3-7,10,14H,1,8-9H2,2H3. The van der Waals surface area contributed by atoms with Crippen LogP contribution in [0.4, 0.5) is 0 Å². The molecule has 1 heterocycles. The number of hydrogen-bond donors (Lipinski definition) is 1. The Hall–Kier alpha value is -1.94. The van der Waals surface area contributed by atoms with E-state index in [1.54, 1.807) is 11.0 Å². The Balaban J connectivity index is 1.81. The first-order valence-electron chi connectivity index (χ1n) is 5.54. The molecule has 2 rings (SSSR count). The third kappa shape index (κ3) is 3.26. The summed E-state index contributed by atoms with van der Waals surface area (Å²) in [7, 11) is 1.86. The maximum Gasteiger partial charge on any atom is 0.164 e. The van der Waals surface area contributed by atoms with Gasteiger partial charge < -0.3 is 5.32 Å².